The van der Waals surface area contributed by atoms with Crippen LogP contribution in [0.4, 0.5) is 10.5 Å². The van der Waals surface area contributed by atoms with Crippen LogP contribution in [0.25, 0.3) is 0 Å². The quantitative estimate of drug-likeness (QED) is 0.816. The molecule has 0 atom stereocenters. The van der Waals surface area contributed by atoms with Crippen molar-refractivity contribution in [3.63, 3.8) is 0 Å². The van der Waals surface area contributed by atoms with E-state index in [-0.39, 0.29) is 0 Å². The van der Waals surface area contributed by atoms with E-state index in [1.54, 1.807) is 0 Å². The molecule has 0 aliphatic heterocycles. The molecule has 0 radical (unpaired) electrons. The maximum atomic E-state index is 11.5. The van der Waals surface area contributed by atoms with Crippen LogP contribution in [0, 0.1) is 5.92 Å². The minimum Gasteiger partial charge on any atom is -0.449 e. The number of amides is 1. The Bertz CT molecular complexity index is 378. The summed E-state index contributed by atoms with van der Waals surface area (Å²) in [4.78, 5) is 11.5. The number of nitrogens with one attached hydrogen (secondary N) is 1. The van der Waals surface area contributed by atoms with Gasteiger partial charge < -0.3 is 10.5 Å². The Morgan fingerprint density at radius 3 is 2.89 bits per heavy atom. The molecular weight excluding hydrogens is 228 g/mol. The Balaban J connectivity index is 2.48. The Morgan fingerprint density at radius 2 is 2.22 bits per heavy atom. The average Bonchev–Trinajstić information content (AvgIpc) is 2.34. The predicted octanol–water partition coefficient (Wildman–Crippen LogP) is 2.78. The summed E-state index contributed by atoms with van der Waals surface area (Å²) in [6, 6.07) is 7.75. The van der Waals surface area contributed by atoms with Gasteiger partial charge in [-0.3, -0.25) is 5.32 Å². The highest BCUT2D eigenvalue weighted by molar-refractivity contribution is 5.84. The second kappa shape index (κ2) is 7.71. The molecule has 0 bridgehead atoms. The zero-order valence-electron chi connectivity index (χ0n) is 11.1. The highest BCUT2D eigenvalue weighted by atomic mass is 16.5. The third kappa shape index (κ3) is 5.68. The second-order valence-electron chi connectivity index (χ2n) is 4.71. The molecule has 1 rings (SSSR count). The van der Waals surface area contributed by atoms with E-state index in [2.05, 4.69) is 5.32 Å². The molecule has 0 aliphatic carbocycles. The van der Waals surface area contributed by atoms with Crippen LogP contribution in [0.1, 0.15) is 25.8 Å². The van der Waals surface area contributed by atoms with Crippen molar-refractivity contribution in [2.45, 2.75) is 26.7 Å². The maximum absolute atomic E-state index is 11.5. The normalized spacial score (nSPS) is 10.4. The van der Waals surface area contributed by atoms with E-state index in [1.165, 1.54) is 5.56 Å². The fraction of sp³-hybridized carbons (Fsp3) is 0.500. The second-order valence-corrected chi connectivity index (χ2v) is 4.71. The van der Waals surface area contributed by atoms with Gasteiger partial charge in [0.2, 0.25) is 0 Å². The highest BCUT2D eigenvalue weighted by Gasteiger charge is 2.04. The molecule has 4 nitrogen and oxygen atoms in total. The molecular formula is C14H22N2O2. The number of aryl methyl sites for hydroxylation is 1. The van der Waals surface area contributed by atoms with Crippen LogP contribution >= 0.6 is 0 Å². The minimum atomic E-state index is -0.403. The fourth-order valence-corrected chi connectivity index (χ4v) is 1.51. The molecule has 0 fully saturated rings. The molecule has 0 saturated heterocycles. The van der Waals surface area contributed by atoms with Crippen molar-refractivity contribution >= 4 is 11.8 Å². The van der Waals surface area contributed by atoms with Crippen LogP contribution in [0.3, 0.4) is 0 Å². The van der Waals surface area contributed by atoms with Crippen LogP contribution in [-0.4, -0.2) is 19.2 Å². The molecule has 1 aromatic rings. The number of carbonyl (C=O) groups is 1. The zero-order chi connectivity index (χ0) is 13.4. The standard InChI is InChI=1S/C14H22N2O2/c1-11(2)10-18-14(17)16-13-7-3-5-12(9-13)6-4-8-15/h3,5,7,9,11H,4,6,8,10,15H2,1-2H3,(H,16,17). The monoisotopic (exact) mass is 250 g/mol. The topological polar surface area (TPSA) is 64.3 Å². The number of anilines is 1. The van der Waals surface area contributed by atoms with E-state index in [9.17, 15) is 4.79 Å². The summed E-state index contributed by atoms with van der Waals surface area (Å²) in [6.07, 6.45) is 1.47. The van der Waals surface area contributed by atoms with E-state index in [0.717, 1.165) is 18.5 Å². The van der Waals surface area contributed by atoms with Crippen molar-refractivity contribution in [1.82, 2.24) is 0 Å². The number of hydrogen-bond donors (Lipinski definition) is 2. The van der Waals surface area contributed by atoms with Crippen LogP contribution in [0.2, 0.25) is 0 Å². The average molecular weight is 250 g/mol. The van der Waals surface area contributed by atoms with Crippen molar-refractivity contribution in [2.75, 3.05) is 18.5 Å². The van der Waals surface area contributed by atoms with Gasteiger partial charge in [0.1, 0.15) is 0 Å². The Hall–Kier alpha value is -1.55. The molecule has 0 spiro atoms. The number of nitrogens with two attached hydrogens (primary N) is 1. The van der Waals surface area contributed by atoms with E-state index < -0.39 is 6.09 Å². The summed E-state index contributed by atoms with van der Waals surface area (Å²) in [6.45, 7) is 5.11. The lowest BCUT2D eigenvalue weighted by atomic mass is 10.1. The lowest BCUT2D eigenvalue weighted by Crippen LogP contribution is -2.16. The Kier molecular flexibility index (Phi) is 6.22. The molecule has 18 heavy (non-hydrogen) atoms. The van der Waals surface area contributed by atoms with Crippen molar-refractivity contribution in [3.8, 4) is 0 Å². The van der Waals surface area contributed by atoms with Gasteiger partial charge >= 0.3 is 6.09 Å². The first-order chi connectivity index (χ1) is 8.61. The van der Waals surface area contributed by atoms with Gasteiger partial charge in [0.05, 0.1) is 6.61 Å². The first-order valence-corrected chi connectivity index (χ1v) is 6.34. The molecule has 100 valence electrons. The SMILES string of the molecule is CC(C)COC(=O)Nc1cccc(CCCN)c1. The zero-order valence-corrected chi connectivity index (χ0v) is 11.1. The summed E-state index contributed by atoms with van der Waals surface area (Å²) >= 11 is 0. The van der Waals surface area contributed by atoms with Crippen molar-refractivity contribution in [1.29, 1.82) is 0 Å². The number of benzene rings is 1. The van der Waals surface area contributed by atoms with Gasteiger partial charge in [-0.05, 0) is 43.0 Å². The molecule has 1 amide bonds. The van der Waals surface area contributed by atoms with Gasteiger partial charge in [-0.15, -0.1) is 0 Å². The Morgan fingerprint density at radius 1 is 1.44 bits per heavy atom. The molecule has 1 aromatic carbocycles. The predicted molar refractivity (Wildman–Crippen MR) is 73.6 cm³/mol. The number of ether oxygens (including phenoxy) is 1. The van der Waals surface area contributed by atoms with Crippen LogP contribution in [0.15, 0.2) is 24.3 Å². The summed E-state index contributed by atoms with van der Waals surface area (Å²) in [5, 5.41) is 2.72. The van der Waals surface area contributed by atoms with Gasteiger partial charge in [0.15, 0.2) is 0 Å². The molecule has 4 heteroatoms. The van der Waals surface area contributed by atoms with Gasteiger partial charge in [-0.25, -0.2) is 4.79 Å². The van der Waals surface area contributed by atoms with Gasteiger partial charge in [0, 0.05) is 5.69 Å². The Labute approximate surface area is 109 Å². The number of rotatable bonds is 6. The lowest BCUT2D eigenvalue weighted by Gasteiger charge is -2.09. The first-order valence-electron chi connectivity index (χ1n) is 6.34. The minimum absolute atomic E-state index is 0.339. The van der Waals surface area contributed by atoms with E-state index >= 15 is 0 Å². The summed E-state index contributed by atoms with van der Waals surface area (Å²) in [5.74, 6) is 0.339. The summed E-state index contributed by atoms with van der Waals surface area (Å²) in [5.41, 5.74) is 7.40. The highest BCUT2D eigenvalue weighted by Crippen LogP contribution is 2.12. The third-order valence-corrected chi connectivity index (χ3v) is 2.39. The van der Waals surface area contributed by atoms with Crippen molar-refractivity contribution in [2.24, 2.45) is 11.7 Å². The largest absolute Gasteiger partial charge is 0.449 e. The molecule has 0 unspecified atom stereocenters. The van der Waals surface area contributed by atoms with Gasteiger partial charge in [-0.2, -0.15) is 0 Å². The van der Waals surface area contributed by atoms with Crippen LogP contribution in [0.5, 0.6) is 0 Å². The number of carbonyl (C=O) groups excluding carboxylic acids is 1. The lowest BCUT2D eigenvalue weighted by molar-refractivity contribution is 0.147. The number of hydrogen-bond acceptors (Lipinski definition) is 3. The fourth-order valence-electron chi connectivity index (χ4n) is 1.51. The maximum Gasteiger partial charge on any atom is 0.411 e. The third-order valence-electron chi connectivity index (χ3n) is 2.39. The molecule has 3 N–H and O–H groups in total. The molecule has 0 saturated carbocycles. The van der Waals surface area contributed by atoms with Crippen LogP contribution < -0.4 is 11.1 Å². The van der Waals surface area contributed by atoms with Gasteiger partial charge in [0.25, 0.3) is 0 Å². The van der Waals surface area contributed by atoms with Gasteiger partial charge in [-0.1, -0.05) is 26.0 Å². The smallest absolute Gasteiger partial charge is 0.411 e. The molecule has 0 heterocycles. The van der Waals surface area contributed by atoms with Crippen LogP contribution in [-0.2, 0) is 11.2 Å². The van der Waals surface area contributed by atoms with Crippen molar-refractivity contribution in [3.05, 3.63) is 29.8 Å². The van der Waals surface area contributed by atoms with E-state index in [1.807, 2.05) is 38.1 Å². The summed E-state index contributed by atoms with van der Waals surface area (Å²) in [7, 11) is 0. The van der Waals surface area contributed by atoms with E-state index in [4.69, 9.17) is 10.5 Å². The first kappa shape index (κ1) is 14.5. The molecule has 0 aliphatic rings. The molecule has 0 aromatic heterocycles. The van der Waals surface area contributed by atoms with E-state index in [0.29, 0.717) is 19.1 Å². The summed E-state index contributed by atoms with van der Waals surface area (Å²) < 4.78 is 5.06. The van der Waals surface area contributed by atoms with Crippen molar-refractivity contribution < 1.29 is 9.53 Å².